The maximum Gasteiger partial charge on any atom is 0.337 e. The molecule has 2 aromatic carbocycles. The predicted octanol–water partition coefficient (Wildman–Crippen LogP) is 3.31. The molecule has 0 aromatic heterocycles. The van der Waals surface area contributed by atoms with Crippen LogP contribution in [0.3, 0.4) is 0 Å². The first kappa shape index (κ1) is 21.3. The Hall–Kier alpha value is -3.41. The number of methoxy groups -OCH3 is 1. The summed E-state index contributed by atoms with van der Waals surface area (Å²) in [6, 6.07) is 16.2. The third kappa shape index (κ3) is 3.85. The molecule has 0 bridgehead atoms. The second-order valence-electron chi connectivity index (χ2n) is 7.16. The molecule has 0 aliphatic heterocycles. The van der Waals surface area contributed by atoms with Gasteiger partial charge in [0.05, 0.1) is 19.3 Å². The van der Waals surface area contributed by atoms with Crippen molar-refractivity contribution in [3.8, 4) is 0 Å². The van der Waals surface area contributed by atoms with Gasteiger partial charge in [0.1, 0.15) is 0 Å². The molecule has 6 heteroatoms. The van der Waals surface area contributed by atoms with Crippen LogP contribution in [0, 0.1) is 6.92 Å². The molecule has 1 aliphatic carbocycles. The summed E-state index contributed by atoms with van der Waals surface area (Å²) in [4.78, 5) is 39.1. The lowest BCUT2D eigenvalue weighted by atomic mass is 9.77. The number of amides is 1. The van der Waals surface area contributed by atoms with E-state index in [1.807, 2.05) is 31.2 Å². The molecule has 0 saturated heterocycles. The topological polar surface area (TPSA) is 81.7 Å². The van der Waals surface area contributed by atoms with E-state index in [2.05, 4.69) is 5.32 Å². The molecule has 0 unspecified atom stereocenters. The van der Waals surface area contributed by atoms with Crippen LogP contribution < -0.4 is 5.32 Å². The maximum absolute atomic E-state index is 13.2. The first-order valence-electron chi connectivity index (χ1n) is 9.84. The second-order valence-corrected chi connectivity index (χ2v) is 7.16. The van der Waals surface area contributed by atoms with Crippen LogP contribution in [0.1, 0.15) is 40.7 Å². The zero-order chi connectivity index (χ0) is 21.7. The number of rotatable bonds is 6. The van der Waals surface area contributed by atoms with Gasteiger partial charge in [-0.1, -0.05) is 54.1 Å². The Labute approximate surface area is 175 Å². The summed E-state index contributed by atoms with van der Waals surface area (Å²) < 4.78 is 10.3. The second kappa shape index (κ2) is 8.95. The molecule has 0 saturated carbocycles. The smallest absolute Gasteiger partial charge is 0.337 e. The van der Waals surface area contributed by atoms with Gasteiger partial charge in [-0.05, 0) is 38.0 Å². The van der Waals surface area contributed by atoms with Gasteiger partial charge in [-0.25, -0.2) is 9.59 Å². The van der Waals surface area contributed by atoms with Gasteiger partial charge in [0, 0.05) is 11.5 Å². The molecule has 3 rings (SSSR count). The Morgan fingerprint density at radius 3 is 2.33 bits per heavy atom. The van der Waals surface area contributed by atoms with Crippen LogP contribution in [0.15, 0.2) is 66.2 Å². The highest BCUT2D eigenvalue weighted by Gasteiger charge is 2.57. The minimum absolute atomic E-state index is 0.0889. The van der Waals surface area contributed by atoms with E-state index in [0.717, 1.165) is 11.1 Å². The number of allylic oxidation sites excluding steroid dienone is 1. The summed E-state index contributed by atoms with van der Waals surface area (Å²) in [7, 11) is 1.24. The normalized spacial score (nSPS) is 20.2. The van der Waals surface area contributed by atoms with Gasteiger partial charge in [0.25, 0.3) is 5.91 Å². The monoisotopic (exact) mass is 407 g/mol. The van der Waals surface area contributed by atoms with Crippen molar-refractivity contribution in [2.24, 2.45) is 0 Å². The number of aryl methyl sites for hydroxylation is 1. The molecule has 156 valence electrons. The van der Waals surface area contributed by atoms with Crippen molar-refractivity contribution in [3.05, 3.63) is 82.9 Å². The highest BCUT2D eigenvalue weighted by molar-refractivity contribution is 6.07. The quantitative estimate of drug-likeness (QED) is 0.743. The van der Waals surface area contributed by atoms with Crippen molar-refractivity contribution < 1.29 is 23.9 Å². The highest BCUT2D eigenvalue weighted by Crippen LogP contribution is 2.44. The van der Waals surface area contributed by atoms with Gasteiger partial charge in [-0.3, -0.25) is 4.79 Å². The third-order valence-electron chi connectivity index (χ3n) is 5.33. The summed E-state index contributed by atoms with van der Waals surface area (Å²) in [6.07, 6.45) is 2.03. The molecule has 1 aliphatic rings. The molecule has 0 heterocycles. The number of hydrogen-bond donors (Lipinski definition) is 1. The number of nitrogens with one attached hydrogen (secondary N) is 1. The summed E-state index contributed by atoms with van der Waals surface area (Å²) >= 11 is 0. The summed E-state index contributed by atoms with van der Waals surface area (Å²) in [5.74, 6) is -2.35. The standard InChI is InChI=1S/C24H25NO5/c1-4-30-22(27)20-15-14-19(17-12-10-16(2)11-13-17)24(20,23(28)29-3)25-21(26)18-8-6-5-7-9-18/h5-13,15,19H,4,14H2,1-3H3,(H,25,26)/t19-,24+/m1/s1. The van der Waals surface area contributed by atoms with Crippen molar-refractivity contribution in [1.29, 1.82) is 0 Å². The lowest BCUT2D eigenvalue weighted by Crippen LogP contribution is -2.59. The summed E-state index contributed by atoms with van der Waals surface area (Å²) in [6.45, 7) is 3.80. The Morgan fingerprint density at radius 1 is 1.07 bits per heavy atom. The van der Waals surface area contributed by atoms with E-state index in [9.17, 15) is 14.4 Å². The number of esters is 2. The molecule has 0 fully saturated rings. The fraction of sp³-hybridized carbons (Fsp3) is 0.292. The van der Waals surface area contributed by atoms with Crippen LogP contribution in [0.25, 0.3) is 0 Å². The first-order valence-corrected chi connectivity index (χ1v) is 9.84. The van der Waals surface area contributed by atoms with Gasteiger partial charge in [-0.15, -0.1) is 0 Å². The third-order valence-corrected chi connectivity index (χ3v) is 5.33. The minimum Gasteiger partial charge on any atom is -0.467 e. The fourth-order valence-corrected chi connectivity index (χ4v) is 3.86. The molecule has 30 heavy (non-hydrogen) atoms. The van der Waals surface area contributed by atoms with Crippen molar-refractivity contribution in [3.63, 3.8) is 0 Å². The van der Waals surface area contributed by atoms with Gasteiger partial charge in [0.15, 0.2) is 5.54 Å². The van der Waals surface area contributed by atoms with Gasteiger partial charge < -0.3 is 14.8 Å². The zero-order valence-electron chi connectivity index (χ0n) is 17.3. The van der Waals surface area contributed by atoms with E-state index in [1.54, 1.807) is 43.3 Å². The number of carbonyl (C=O) groups excluding carboxylic acids is 3. The SMILES string of the molecule is CCOC(=O)C1=CC[C@H](c2ccc(C)cc2)[C@@]1(NC(=O)c1ccccc1)C(=O)OC. The van der Waals surface area contributed by atoms with Crippen LogP contribution in [0.5, 0.6) is 0 Å². The van der Waals surface area contributed by atoms with Gasteiger partial charge >= 0.3 is 11.9 Å². The van der Waals surface area contributed by atoms with Crippen LogP contribution in [-0.4, -0.2) is 37.1 Å². The average Bonchev–Trinajstić information content (AvgIpc) is 3.14. The van der Waals surface area contributed by atoms with Crippen molar-refractivity contribution in [1.82, 2.24) is 5.32 Å². The van der Waals surface area contributed by atoms with E-state index in [-0.39, 0.29) is 12.2 Å². The van der Waals surface area contributed by atoms with Gasteiger partial charge in [-0.2, -0.15) is 0 Å². The Kier molecular flexibility index (Phi) is 6.35. The zero-order valence-corrected chi connectivity index (χ0v) is 17.3. The fourth-order valence-electron chi connectivity index (χ4n) is 3.86. The number of benzene rings is 2. The van der Waals surface area contributed by atoms with E-state index >= 15 is 0 Å². The molecule has 2 aromatic rings. The lowest BCUT2D eigenvalue weighted by Gasteiger charge is -2.36. The number of carbonyl (C=O) groups is 3. The molecule has 1 amide bonds. The largest absolute Gasteiger partial charge is 0.467 e. The van der Waals surface area contributed by atoms with E-state index < -0.39 is 29.3 Å². The van der Waals surface area contributed by atoms with Crippen LogP contribution in [-0.2, 0) is 19.1 Å². The number of ether oxygens (including phenoxy) is 2. The maximum atomic E-state index is 13.2. The molecular formula is C24H25NO5. The van der Waals surface area contributed by atoms with Gasteiger partial charge in [0.2, 0.25) is 0 Å². The van der Waals surface area contributed by atoms with Crippen molar-refractivity contribution in [2.75, 3.05) is 13.7 Å². The molecule has 6 nitrogen and oxygen atoms in total. The summed E-state index contributed by atoms with van der Waals surface area (Å²) in [5, 5.41) is 2.83. The molecule has 0 spiro atoms. The van der Waals surface area contributed by atoms with Crippen molar-refractivity contribution >= 4 is 17.8 Å². The minimum atomic E-state index is -1.69. The van der Waals surface area contributed by atoms with E-state index in [0.29, 0.717) is 12.0 Å². The van der Waals surface area contributed by atoms with Crippen LogP contribution in [0.2, 0.25) is 0 Å². The predicted molar refractivity (Wildman–Crippen MR) is 112 cm³/mol. The molecule has 1 N–H and O–H groups in total. The Bertz CT molecular complexity index is 965. The van der Waals surface area contributed by atoms with Crippen LogP contribution >= 0.6 is 0 Å². The molecule has 2 atom stereocenters. The van der Waals surface area contributed by atoms with E-state index in [1.165, 1.54) is 7.11 Å². The molecular weight excluding hydrogens is 382 g/mol. The Balaban J connectivity index is 2.12. The first-order chi connectivity index (χ1) is 14.4. The molecule has 0 radical (unpaired) electrons. The number of hydrogen-bond acceptors (Lipinski definition) is 5. The lowest BCUT2D eigenvalue weighted by molar-refractivity contribution is -0.151. The highest BCUT2D eigenvalue weighted by atomic mass is 16.5. The van der Waals surface area contributed by atoms with Crippen LogP contribution in [0.4, 0.5) is 0 Å². The summed E-state index contributed by atoms with van der Waals surface area (Å²) in [5.41, 5.74) is 0.648. The van der Waals surface area contributed by atoms with Crippen molar-refractivity contribution in [2.45, 2.75) is 31.7 Å². The average molecular weight is 407 g/mol. The Morgan fingerprint density at radius 2 is 1.73 bits per heavy atom. The van der Waals surface area contributed by atoms with E-state index in [4.69, 9.17) is 9.47 Å².